The molecule has 0 aliphatic heterocycles. The molecule has 0 fully saturated rings. The molecular formula is C13H12ClFN2O. The van der Waals surface area contributed by atoms with Crippen LogP contribution in [0.2, 0.25) is 5.02 Å². The fraction of sp³-hybridized carbons (Fsp3) is 0.231. The predicted molar refractivity (Wildman–Crippen MR) is 68.3 cm³/mol. The summed E-state index contributed by atoms with van der Waals surface area (Å²) in [6.07, 6.45) is 2.04. The summed E-state index contributed by atoms with van der Waals surface area (Å²) in [5.41, 5.74) is 0.204. The summed E-state index contributed by atoms with van der Waals surface area (Å²) < 4.78 is 13.0. The first-order valence-corrected chi connectivity index (χ1v) is 5.81. The molecule has 1 aromatic carbocycles. The Bertz CT molecular complexity index is 520. The number of benzene rings is 1. The number of nitrogens with zero attached hydrogens (tertiary/aromatic N) is 1. The zero-order valence-electron chi connectivity index (χ0n) is 9.84. The second-order valence-corrected chi connectivity index (χ2v) is 4.00. The third-order valence-electron chi connectivity index (χ3n) is 2.16. The van der Waals surface area contributed by atoms with Crippen LogP contribution in [0.15, 0.2) is 23.8 Å². The minimum absolute atomic E-state index is 0.101. The highest BCUT2D eigenvalue weighted by Gasteiger charge is 2.09. The summed E-state index contributed by atoms with van der Waals surface area (Å²) in [6, 6.07) is 5.54. The van der Waals surface area contributed by atoms with E-state index in [1.165, 1.54) is 24.3 Å². The molecule has 0 radical (unpaired) electrons. The molecule has 0 heterocycles. The summed E-state index contributed by atoms with van der Waals surface area (Å²) in [5.74, 6) is -0.961. The minimum atomic E-state index is -0.486. The van der Waals surface area contributed by atoms with E-state index in [0.717, 1.165) is 6.42 Å². The number of carbonyl (C=O) groups excluding carboxylic acids is 1. The van der Waals surface area contributed by atoms with E-state index in [9.17, 15) is 9.18 Å². The van der Waals surface area contributed by atoms with Crippen LogP contribution in [0.25, 0.3) is 6.08 Å². The third-order valence-corrected chi connectivity index (χ3v) is 2.50. The summed E-state index contributed by atoms with van der Waals surface area (Å²) in [7, 11) is 0. The maximum atomic E-state index is 13.0. The van der Waals surface area contributed by atoms with Gasteiger partial charge >= 0.3 is 0 Å². The molecule has 3 nitrogen and oxygen atoms in total. The van der Waals surface area contributed by atoms with Gasteiger partial charge in [0.15, 0.2) is 0 Å². The van der Waals surface area contributed by atoms with Gasteiger partial charge in [-0.05, 0) is 36.3 Å². The van der Waals surface area contributed by atoms with Crippen molar-refractivity contribution in [1.29, 1.82) is 5.26 Å². The molecule has 0 saturated heterocycles. The number of hydrogen-bond donors (Lipinski definition) is 1. The van der Waals surface area contributed by atoms with E-state index in [1.807, 2.05) is 6.92 Å². The molecule has 0 atom stereocenters. The Morgan fingerprint density at radius 2 is 2.33 bits per heavy atom. The van der Waals surface area contributed by atoms with Gasteiger partial charge in [-0.3, -0.25) is 4.79 Å². The normalized spacial score (nSPS) is 10.9. The van der Waals surface area contributed by atoms with Crippen molar-refractivity contribution in [3.63, 3.8) is 0 Å². The molecule has 0 aliphatic rings. The van der Waals surface area contributed by atoms with Crippen LogP contribution in [0.1, 0.15) is 18.9 Å². The Morgan fingerprint density at radius 3 is 2.94 bits per heavy atom. The highest BCUT2D eigenvalue weighted by molar-refractivity contribution is 6.32. The highest BCUT2D eigenvalue weighted by Crippen LogP contribution is 2.19. The zero-order valence-corrected chi connectivity index (χ0v) is 10.6. The topological polar surface area (TPSA) is 52.9 Å². The summed E-state index contributed by atoms with van der Waals surface area (Å²) in [5, 5.41) is 11.8. The van der Waals surface area contributed by atoms with Crippen molar-refractivity contribution in [2.24, 2.45) is 0 Å². The minimum Gasteiger partial charge on any atom is -0.351 e. The van der Waals surface area contributed by atoms with Crippen LogP contribution < -0.4 is 5.32 Å². The molecule has 1 N–H and O–H groups in total. The summed E-state index contributed by atoms with van der Waals surface area (Å²) in [6.45, 7) is 2.38. The number of halogens is 2. The number of hydrogen-bond acceptors (Lipinski definition) is 2. The first-order chi connectivity index (χ1) is 8.58. The van der Waals surface area contributed by atoms with E-state index < -0.39 is 11.7 Å². The van der Waals surface area contributed by atoms with Crippen LogP contribution in [-0.2, 0) is 4.79 Å². The molecule has 0 bridgehead atoms. The van der Waals surface area contributed by atoms with Crippen molar-refractivity contribution < 1.29 is 9.18 Å². The number of carbonyl (C=O) groups is 1. The molecule has 18 heavy (non-hydrogen) atoms. The van der Waals surface area contributed by atoms with Gasteiger partial charge in [-0.25, -0.2) is 4.39 Å². The van der Waals surface area contributed by atoms with E-state index >= 15 is 0 Å². The molecular weight excluding hydrogens is 255 g/mol. The quantitative estimate of drug-likeness (QED) is 0.673. The van der Waals surface area contributed by atoms with Gasteiger partial charge in [0.1, 0.15) is 17.5 Å². The SMILES string of the molecule is CCCNC(=O)/C(C#N)=C/c1cc(F)ccc1Cl. The highest BCUT2D eigenvalue weighted by atomic mass is 35.5. The second kappa shape index (κ2) is 6.77. The fourth-order valence-corrected chi connectivity index (χ4v) is 1.44. The van der Waals surface area contributed by atoms with Crippen molar-refractivity contribution in [3.8, 4) is 6.07 Å². The molecule has 5 heteroatoms. The van der Waals surface area contributed by atoms with Gasteiger partial charge in [0.2, 0.25) is 0 Å². The molecule has 1 amide bonds. The number of nitrogens with one attached hydrogen (secondary N) is 1. The van der Waals surface area contributed by atoms with Gasteiger partial charge in [-0.1, -0.05) is 18.5 Å². The van der Waals surface area contributed by atoms with Crippen LogP contribution in [0.5, 0.6) is 0 Å². The summed E-state index contributed by atoms with van der Waals surface area (Å²) >= 11 is 5.85. The van der Waals surface area contributed by atoms with E-state index in [2.05, 4.69) is 5.32 Å². The van der Waals surface area contributed by atoms with Crippen LogP contribution in [0.3, 0.4) is 0 Å². The lowest BCUT2D eigenvalue weighted by atomic mass is 10.1. The molecule has 0 spiro atoms. The zero-order chi connectivity index (χ0) is 13.5. The Balaban J connectivity index is 3.01. The van der Waals surface area contributed by atoms with Crippen molar-refractivity contribution in [2.45, 2.75) is 13.3 Å². The largest absolute Gasteiger partial charge is 0.351 e. The Hall–Kier alpha value is -1.86. The molecule has 0 aliphatic carbocycles. The average Bonchev–Trinajstić information content (AvgIpc) is 2.36. The van der Waals surface area contributed by atoms with E-state index in [4.69, 9.17) is 16.9 Å². The maximum absolute atomic E-state index is 13.0. The molecule has 1 rings (SSSR count). The van der Waals surface area contributed by atoms with E-state index in [-0.39, 0.29) is 10.6 Å². The van der Waals surface area contributed by atoms with Crippen LogP contribution in [0.4, 0.5) is 4.39 Å². The number of rotatable bonds is 4. The van der Waals surface area contributed by atoms with Crippen LogP contribution in [0, 0.1) is 17.1 Å². The first-order valence-electron chi connectivity index (χ1n) is 5.43. The second-order valence-electron chi connectivity index (χ2n) is 3.59. The fourth-order valence-electron chi connectivity index (χ4n) is 1.26. The van der Waals surface area contributed by atoms with Gasteiger partial charge in [0, 0.05) is 11.6 Å². The van der Waals surface area contributed by atoms with Crippen molar-refractivity contribution >= 4 is 23.6 Å². The van der Waals surface area contributed by atoms with Gasteiger partial charge in [-0.15, -0.1) is 0 Å². The molecule has 94 valence electrons. The lowest BCUT2D eigenvalue weighted by Crippen LogP contribution is -2.25. The van der Waals surface area contributed by atoms with Crippen LogP contribution in [-0.4, -0.2) is 12.5 Å². The smallest absolute Gasteiger partial charge is 0.261 e. The standard InChI is InChI=1S/C13H12ClFN2O/c1-2-5-17-13(18)10(8-16)6-9-7-11(15)3-4-12(9)14/h3-4,6-7H,2,5H2,1H3,(H,17,18)/b10-6+. The molecule has 0 aromatic heterocycles. The van der Waals surface area contributed by atoms with Gasteiger partial charge in [0.25, 0.3) is 5.91 Å². The van der Waals surface area contributed by atoms with Crippen molar-refractivity contribution in [1.82, 2.24) is 5.32 Å². The predicted octanol–water partition coefficient (Wildman–Crippen LogP) is 2.91. The third kappa shape index (κ3) is 3.86. The Labute approximate surface area is 110 Å². The Morgan fingerprint density at radius 1 is 1.61 bits per heavy atom. The van der Waals surface area contributed by atoms with Crippen molar-refractivity contribution in [3.05, 3.63) is 40.2 Å². The van der Waals surface area contributed by atoms with Gasteiger partial charge in [0.05, 0.1) is 0 Å². The van der Waals surface area contributed by atoms with E-state index in [1.54, 1.807) is 6.07 Å². The maximum Gasteiger partial charge on any atom is 0.261 e. The van der Waals surface area contributed by atoms with Gasteiger partial charge in [-0.2, -0.15) is 5.26 Å². The van der Waals surface area contributed by atoms with Gasteiger partial charge < -0.3 is 5.32 Å². The summed E-state index contributed by atoms with van der Waals surface area (Å²) in [4.78, 5) is 11.6. The number of amides is 1. The lowest BCUT2D eigenvalue weighted by molar-refractivity contribution is -0.117. The van der Waals surface area contributed by atoms with Crippen LogP contribution >= 0.6 is 11.6 Å². The monoisotopic (exact) mass is 266 g/mol. The Kier molecular flexibility index (Phi) is 5.34. The molecule has 1 aromatic rings. The lowest BCUT2D eigenvalue weighted by Gasteiger charge is -2.03. The number of nitriles is 1. The van der Waals surface area contributed by atoms with Crippen molar-refractivity contribution in [2.75, 3.05) is 6.54 Å². The molecule has 0 unspecified atom stereocenters. The van der Waals surface area contributed by atoms with E-state index in [0.29, 0.717) is 12.1 Å². The average molecular weight is 267 g/mol. The first kappa shape index (κ1) is 14.2. The molecule has 0 saturated carbocycles.